The van der Waals surface area contributed by atoms with Gasteiger partial charge in [0.05, 0.1) is 11.9 Å². The second kappa shape index (κ2) is 8.99. The number of amides is 1. The van der Waals surface area contributed by atoms with Crippen LogP contribution in [-0.2, 0) is 0 Å². The van der Waals surface area contributed by atoms with Crippen LogP contribution in [0.2, 0.25) is 0 Å². The van der Waals surface area contributed by atoms with Gasteiger partial charge < -0.3 is 25.4 Å². The number of pyridine rings is 2. The van der Waals surface area contributed by atoms with Crippen LogP contribution in [0.1, 0.15) is 10.4 Å². The molecule has 3 aromatic heterocycles. The van der Waals surface area contributed by atoms with Gasteiger partial charge in [0.1, 0.15) is 22.8 Å². The second-order valence-corrected chi connectivity index (χ2v) is 8.23. The number of aromatic amines is 1. The number of nitrogens with zero attached hydrogens (tertiary/aromatic N) is 4. The first-order valence-electron chi connectivity index (χ1n) is 10.9. The van der Waals surface area contributed by atoms with E-state index in [0.717, 1.165) is 31.9 Å². The summed E-state index contributed by atoms with van der Waals surface area (Å²) in [6, 6.07) is 11.8. The molecule has 3 N–H and O–H groups in total. The Morgan fingerprint density at radius 3 is 2.62 bits per heavy atom. The fourth-order valence-corrected chi connectivity index (χ4v) is 4.01. The maximum Gasteiger partial charge on any atom is 0.263 e. The van der Waals surface area contributed by atoms with Crippen molar-refractivity contribution in [2.24, 2.45) is 0 Å². The zero-order valence-electron chi connectivity index (χ0n) is 18.6. The molecule has 10 heteroatoms. The van der Waals surface area contributed by atoms with Gasteiger partial charge in [-0.1, -0.05) is 0 Å². The van der Waals surface area contributed by atoms with E-state index in [1.165, 1.54) is 30.7 Å². The summed E-state index contributed by atoms with van der Waals surface area (Å²) >= 11 is 0. The minimum absolute atomic E-state index is 0.0669. The van der Waals surface area contributed by atoms with E-state index in [1.54, 1.807) is 10.5 Å². The van der Waals surface area contributed by atoms with Crippen LogP contribution in [-0.4, -0.2) is 58.4 Å². The zero-order valence-corrected chi connectivity index (χ0v) is 18.6. The number of hydrogen-bond donors (Lipinski definition) is 3. The molecule has 1 aliphatic heterocycles. The SMILES string of the molecule is CN1CCN(c2ccc(NC(=O)c3c(Nc4cnc5cc(F)ccn45)cc[nH]c3=O)cc2)CC1. The Morgan fingerprint density at radius 1 is 1.09 bits per heavy atom. The Balaban J connectivity index is 1.35. The Kier molecular flexibility index (Phi) is 5.72. The molecule has 0 aliphatic carbocycles. The molecule has 4 aromatic rings. The van der Waals surface area contributed by atoms with Gasteiger partial charge in [0, 0.05) is 56.0 Å². The largest absolute Gasteiger partial charge is 0.369 e. The molecule has 1 aromatic carbocycles. The van der Waals surface area contributed by atoms with E-state index in [-0.39, 0.29) is 5.56 Å². The molecule has 5 rings (SSSR count). The molecule has 174 valence electrons. The number of carbonyl (C=O) groups excluding carboxylic acids is 1. The van der Waals surface area contributed by atoms with Crippen molar-refractivity contribution in [3.05, 3.63) is 82.8 Å². The average molecular weight is 462 g/mol. The van der Waals surface area contributed by atoms with Crippen LogP contribution in [0.4, 0.5) is 27.3 Å². The average Bonchev–Trinajstić information content (AvgIpc) is 3.21. The van der Waals surface area contributed by atoms with E-state index < -0.39 is 17.3 Å². The van der Waals surface area contributed by atoms with Gasteiger partial charge in [0.15, 0.2) is 0 Å². The molecule has 0 saturated carbocycles. The Morgan fingerprint density at radius 2 is 1.85 bits per heavy atom. The van der Waals surface area contributed by atoms with E-state index in [2.05, 4.69) is 37.4 Å². The number of H-pyrrole nitrogens is 1. The predicted octanol–water partition coefficient (Wildman–Crippen LogP) is 2.91. The van der Waals surface area contributed by atoms with E-state index in [0.29, 0.717) is 22.8 Å². The number of piperazine rings is 1. The molecule has 0 radical (unpaired) electrons. The van der Waals surface area contributed by atoms with Crippen LogP contribution in [0.5, 0.6) is 0 Å². The van der Waals surface area contributed by atoms with Gasteiger partial charge in [-0.05, 0) is 43.4 Å². The molecular weight excluding hydrogens is 437 g/mol. The third-order valence-corrected chi connectivity index (χ3v) is 5.92. The Bertz CT molecular complexity index is 1390. The third-order valence-electron chi connectivity index (χ3n) is 5.92. The quantitative estimate of drug-likeness (QED) is 0.423. The van der Waals surface area contributed by atoms with Gasteiger partial charge in [-0.15, -0.1) is 0 Å². The predicted molar refractivity (Wildman–Crippen MR) is 130 cm³/mol. The maximum atomic E-state index is 13.5. The molecule has 0 spiro atoms. The first kappa shape index (κ1) is 21.7. The molecule has 4 heterocycles. The van der Waals surface area contributed by atoms with Gasteiger partial charge in [0.2, 0.25) is 0 Å². The molecule has 0 bridgehead atoms. The van der Waals surface area contributed by atoms with Crippen LogP contribution >= 0.6 is 0 Å². The highest BCUT2D eigenvalue weighted by Gasteiger charge is 2.18. The van der Waals surface area contributed by atoms with E-state index in [1.807, 2.05) is 24.3 Å². The molecule has 1 amide bonds. The van der Waals surface area contributed by atoms with Gasteiger partial charge in [0.25, 0.3) is 11.5 Å². The number of aromatic nitrogens is 3. The van der Waals surface area contributed by atoms with Crippen LogP contribution in [0, 0.1) is 5.82 Å². The molecule has 1 saturated heterocycles. The number of hydrogen-bond acceptors (Lipinski definition) is 6. The minimum atomic E-state index is -0.545. The summed E-state index contributed by atoms with van der Waals surface area (Å²) in [4.78, 5) is 36.9. The van der Waals surface area contributed by atoms with Crippen LogP contribution in [0.25, 0.3) is 5.65 Å². The second-order valence-electron chi connectivity index (χ2n) is 8.23. The van der Waals surface area contributed by atoms with Crippen LogP contribution < -0.4 is 21.1 Å². The van der Waals surface area contributed by atoms with Gasteiger partial charge >= 0.3 is 0 Å². The number of benzene rings is 1. The molecule has 1 aliphatic rings. The number of likely N-dealkylation sites (N-methyl/N-ethyl adjacent to an activating group) is 1. The summed E-state index contributed by atoms with van der Waals surface area (Å²) in [5, 5.41) is 5.87. The van der Waals surface area contributed by atoms with Crippen molar-refractivity contribution in [2.75, 3.05) is 48.8 Å². The van der Waals surface area contributed by atoms with Crippen molar-refractivity contribution >= 4 is 34.4 Å². The zero-order chi connectivity index (χ0) is 23.7. The van der Waals surface area contributed by atoms with E-state index in [4.69, 9.17) is 0 Å². The van der Waals surface area contributed by atoms with E-state index >= 15 is 0 Å². The number of imidazole rings is 1. The van der Waals surface area contributed by atoms with Crippen molar-refractivity contribution in [3.63, 3.8) is 0 Å². The number of carbonyl (C=O) groups is 1. The van der Waals surface area contributed by atoms with E-state index in [9.17, 15) is 14.0 Å². The number of fused-ring (bicyclic) bond motifs is 1. The highest BCUT2D eigenvalue weighted by atomic mass is 19.1. The summed E-state index contributed by atoms with van der Waals surface area (Å²) in [5.41, 5.74) is 1.79. The van der Waals surface area contributed by atoms with Gasteiger partial charge in [-0.25, -0.2) is 9.37 Å². The lowest BCUT2D eigenvalue weighted by Crippen LogP contribution is -2.44. The molecule has 1 fully saturated rings. The lowest BCUT2D eigenvalue weighted by Gasteiger charge is -2.34. The Labute approximate surface area is 194 Å². The topological polar surface area (TPSA) is 97.8 Å². The van der Waals surface area contributed by atoms with Crippen molar-refractivity contribution in [1.29, 1.82) is 0 Å². The minimum Gasteiger partial charge on any atom is -0.369 e. The summed E-state index contributed by atoms with van der Waals surface area (Å²) < 4.78 is 15.1. The molecule has 0 unspecified atom stereocenters. The monoisotopic (exact) mass is 461 g/mol. The maximum absolute atomic E-state index is 13.5. The number of nitrogens with one attached hydrogen (secondary N) is 3. The Hall–Kier alpha value is -4.18. The van der Waals surface area contributed by atoms with Crippen molar-refractivity contribution in [2.45, 2.75) is 0 Å². The summed E-state index contributed by atoms with van der Waals surface area (Å²) in [7, 11) is 2.11. The summed E-state index contributed by atoms with van der Waals surface area (Å²) in [6.07, 6.45) is 4.48. The van der Waals surface area contributed by atoms with Crippen molar-refractivity contribution in [3.8, 4) is 0 Å². The number of rotatable bonds is 5. The fourth-order valence-electron chi connectivity index (χ4n) is 4.01. The highest BCUT2D eigenvalue weighted by molar-refractivity contribution is 6.08. The first-order chi connectivity index (χ1) is 16.5. The summed E-state index contributed by atoms with van der Waals surface area (Å²) in [6.45, 7) is 3.91. The highest BCUT2D eigenvalue weighted by Crippen LogP contribution is 2.23. The third kappa shape index (κ3) is 4.35. The van der Waals surface area contributed by atoms with Crippen LogP contribution in [0.3, 0.4) is 0 Å². The standard InChI is InChI=1S/C24H24FN7O2/c1-30-10-12-31(13-11-30)18-4-2-17(3-5-18)28-24(34)22-19(6-8-26-23(22)33)29-21-15-27-20-14-16(25)7-9-32(20)21/h2-9,14-15H,10-13H2,1H3,(H,28,34)(H2,26,29,33). The fraction of sp³-hybridized carbons (Fsp3) is 0.208. The number of anilines is 4. The van der Waals surface area contributed by atoms with Gasteiger partial charge in [-0.3, -0.25) is 14.0 Å². The van der Waals surface area contributed by atoms with Crippen molar-refractivity contribution in [1.82, 2.24) is 19.3 Å². The molecule has 9 nitrogen and oxygen atoms in total. The smallest absolute Gasteiger partial charge is 0.263 e. The van der Waals surface area contributed by atoms with Crippen molar-refractivity contribution < 1.29 is 9.18 Å². The lowest BCUT2D eigenvalue weighted by molar-refractivity contribution is 0.102. The molecule has 34 heavy (non-hydrogen) atoms. The lowest BCUT2D eigenvalue weighted by atomic mass is 10.2. The molecule has 0 atom stereocenters. The first-order valence-corrected chi connectivity index (χ1v) is 10.9. The van der Waals surface area contributed by atoms with Gasteiger partial charge in [-0.2, -0.15) is 0 Å². The summed E-state index contributed by atoms with van der Waals surface area (Å²) in [5.74, 6) is -0.456. The number of halogens is 1. The van der Waals surface area contributed by atoms with Crippen LogP contribution in [0.15, 0.2) is 65.8 Å². The molecular formula is C24H24FN7O2. The normalized spacial score (nSPS) is 14.4.